The van der Waals surface area contributed by atoms with E-state index in [1.165, 1.54) is 10.8 Å². The summed E-state index contributed by atoms with van der Waals surface area (Å²) in [7, 11) is 0. The van der Waals surface area contributed by atoms with Gasteiger partial charge in [-0.2, -0.15) is 9.61 Å². The van der Waals surface area contributed by atoms with Crippen molar-refractivity contribution in [2.75, 3.05) is 6.54 Å². The van der Waals surface area contributed by atoms with Crippen molar-refractivity contribution in [2.45, 2.75) is 45.0 Å². The molecule has 5 rings (SSSR count). The number of aromatic nitrogens is 6. The van der Waals surface area contributed by atoms with E-state index in [-0.39, 0.29) is 5.56 Å². The van der Waals surface area contributed by atoms with Crippen molar-refractivity contribution in [3.63, 3.8) is 0 Å². The zero-order valence-corrected chi connectivity index (χ0v) is 14.4. The van der Waals surface area contributed by atoms with Crippen LogP contribution in [-0.4, -0.2) is 45.9 Å². The van der Waals surface area contributed by atoms with Gasteiger partial charge in [0, 0.05) is 32.2 Å². The fourth-order valence-electron chi connectivity index (χ4n) is 3.66. The van der Waals surface area contributed by atoms with Crippen molar-refractivity contribution in [3.05, 3.63) is 45.9 Å². The van der Waals surface area contributed by atoms with E-state index in [0.29, 0.717) is 23.9 Å². The molecule has 3 aromatic heterocycles. The minimum atomic E-state index is -0.438. The van der Waals surface area contributed by atoms with Crippen LogP contribution in [0, 0.1) is 5.92 Å². The molecule has 9 nitrogen and oxygen atoms in total. The highest BCUT2D eigenvalue weighted by molar-refractivity contribution is 5.26. The molecule has 0 radical (unpaired) electrons. The topological polar surface area (TPSA) is 104 Å². The molecule has 1 saturated carbocycles. The van der Waals surface area contributed by atoms with E-state index in [9.17, 15) is 9.90 Å². The van der Waals surface area contributed by atoms with Crippen molar-refractivity contribution in [2.24, 2.45) is 5.92 Å². The number of nitrogens with one attached hydrogen (secondary N) is 1. The normalized spacial score (nSPS) is 19.4. The number of aliphatic hydroxyl groups excluding tert-OH is 1. The lowest BCUT2D eigenvalue weighted by Gasteiger charge is -2.18. The minimum Gasteiger partial charge on any atom is -0.386 e. The van der Waals surface area contributed by atoms with Gasteiger partial charge in [-0.25, -0.2) is 9.97 Å². The second-order valence-corrected chi connectivity index (χ2v) is 7.24. The smallest absolute Gasteiger partial charge is 0.274 e. The number of aliphatic hydroxyl groups is 1. The second-order valence-electron chi connectivity index (χ2n) is 7.24. The molecule has 2 N–H and O–H groups in total. The summed E-state index contributed by atoms with van der Waals surface area (Å²) in [5.41, 5.74) is 2.46. The molecule has 136 valence electrons. The number of H-pyrrole nitrogens is 1. The molecule has 3 aromatic rings. The first-order valence-electron chi connectivity index (χ1n) is 9.06. The molecule has 0 aromatic carbocycles. The van der Waals surface area contributed by atoms with E-state index in [0.717, 1.165) is 50.3 Å². The Hall–Kier alpha value is -2.52. The molecule has 0 bridgehead atoms. The summed E-state index contributed by atoms with van der Waals surface area (Å²) in [5, 5.41) is 17.7. The van der Waals surface area contributed by atoms with Crippen molar-refractivity contribution in [1.82, 2.24) is 34.3 Å². The summed E-state index contributed by atoms with van der Waals surface area (Å²) in [5.74, 6) is 0.769. The number of fused-ring (bicyclic) bond motifs is 2. The van der Waals surface area contributed by atoms with Crippen LogP contribution in [0.4, 0.5) is 0 Å². The van der Waals surface area contributed by atoms with Gasteiger partial charge in [-0.05, 0) is 31.2 Å². The Morgan fingerprint density at radius 3 is 3.04 bits per heavy atom. The molecule has 4 heterocycles. The van der Waals surface area contributed by atoms with Gasteiger partial charge < -0.3 is 5.11 Å². The predicted octanol–water partition coefficient (Wildman–Crippen LogP) is 0.463. The first-order valence-corrected chi connectivity index (χ1v) is 9.06. The van der Waals surface area contributed by atoms with E-state index in [2.05, 4.69) is 25.1 Å². The highest BCUT2D eigenvalue weighted by Gasteiger charge is 2.33. The SMILES string of the molecule is O=c1cc(CN2CCCn3nc(C(O)C4CC4)cc3C2)nc2nc[nH]n12. The summed E-state index contributed by atoms with van der Waals surface area (Å²) >= 11 is 0. The number of aryl methyl sites for hydroxylation is 1. The van der Waals surface area contributed by atoms with Gasteiger partial charge in [-0.3, -0.25) is 19.5 Å². The van der Waals surface area contributed by atoms with Gasteiger partial charge in [0.2, 0.25) is 0 Å². The standard InChI is InChI=1S/C17H21N7O2/c25-15-6-12(20-17-18-10-19-24(15)17)8-22-4-1-5-23-13(9-22)7-14(21-23)16(26)11-2-3-11/h6-7,10-11,16,26H,1-5,8-9H2,(H,18,19,20). The van der Waals surface area contributed by atoms with Crippen LogP contribution in [-0.2, 0) is 19.6 Å². The van der Waals surface area contributed by atoms with Crippen LogP contribution >= 0.6 is 0 Å². The minimum absolute atomic E-state index is 0.155. The van der Waals surface area contributed by atoms with E-state index in [1.807, 2.05) is 10.7 Å². The average Bonchev–Trinajstić information content (AvgIpc) is 3.28. The molecule has 2 aliphatic rings. The van der Waals surface area contributed by atoms with E-state index in [4.69, 9.17) is 0 Å². The molecule has 1 aliphatic carbocycles. The number of hydrogen-bond acceptors (Lipinski definition) is 6. The largest absolute Gasteiger partial charge is 0.386 e. The zero-order valence-electron chi connectivity index (χ0n) is 14.4. The Labute approximate surface area is 149 Å². The Balaban J connectivity index is 1.37. The summed E-state index contributed by atoms with van der Waals surface area (Å²) in [6.45, 7) is 3.07. The molecule has 1 unspecified atom stereocenters. The summed E-state index contributed by atoms with van der Waals surface area (Å²) in [6, 6.07) is 3.58. The second kappa shape index (κ2) is 6.03. The van der Waals surface area contributed by atoms with Crippen LogP contribution in [0.5, 0.6) is 0 Å². The van der Waals surface area contributed by atoms with Crippen molar-refractivity contribution < 1.29 is 5.11 Å². The Morgan fingerprint density at radius 1 is 1.31 bits per heavy atom. The third-order valence-corrected chi connectivity index (χ3v) is 5.19. The lowest BCUT2D eigenvalue weighted by atomic mass is 10.1. The number of aromatic amines is 1. The Bertz CT molecular complexity index is 1000. The maximum Gasteiger partial charge on any atom is 0.274 e. The summed E-state index contributed by atoms with van der Waals surface area (Å²) < 4.78 is 3.34. The van der Waals surface area contributed by atoms with Crippen molar-refractivity contribution in [1.29, 1.82) is 0 Å². The summed E-state index contributed by atoms with van der Waals surface area (Å²) in [4.78, 5) is 22.9. The van der Waals surface area contributed by atoms with Crippen LogP contribution in [0.3, 0.4) is 0 Å². The molecule has 0 spiro atoms. The predicted molar refractivity (Wildman–Crippen MR) is 92.2 cm³/mol. The average molecular weight is 355 g/mol. The maximum absolute atomic E-state index is 12.1. The van der Waals surface area contributed by atoms with Gasteiger partial charge in [0.15, 0.2) is 0 Å². The molecule has 0 saturated heterocycles. The monoisotopic (exact) mass is 355 g/mol. The first kappa shape index (κ1) is 15.7. The highest BCUT2D eigenvalue weighted by atomic mass is 16.3. The Kier molecular flexibility index (Phi) is 3.64. The van der Waals surface area contributed by atoms with E-state index in [1.54, 1.807) is 6.07 Å². The van der Waals surface area contributed by atoms with E-state index >= 15 is 0 Å². The molecule has 26 heavy (non-hydrogen) atoms. The third kappa shape index (κ3) is 2.82. The first-order chi connectivity index (χ1) is 12.7. The van der Waals surface area contributed by atoms with Crippen LogP contribution in [0.15, 0.2) is 23.3 Å². The van der Waals surface area contributed by atoms with Gasteiger partial charge >= 0.3 is 0 Å². The molecule has 1 aliphatic heterocycles. The van der Waals surface area contributed by atoms with Crippen molar-refractivity contribution >= 4 is 5.78 Å². The number of nitrogens with zero attached hydrogens (tertiary/aromatic N) is 6. The number of hydrogen-bond donors (Lipinski definition) is 2. The zero-order chi connectivity index (χ0) is 17.7. The maximum atomic E-state index is 12.1. The lowest BCUT2D eigenvalue weighted by molar-refractivity contribution is 0.148. The lowest BCUT2D eigenvalue weighted by Crippen LogP contribution is -2.25. The third-order valence-electron chi connectivity index (χ3n) is 5.19. The Morgan fingerprint density at radius 2 is 2.19 bits per heavy atom. The fraction of sp³-hybridized carbons (Fsp3) is 0.529. The molecule has 1 atom stereocenters. The van der Waals surface area contributed by atoms with Gasteiger partial charge in [-0.15, -0.1) is 0 Å². The quantitative estimate of drug-likeness (QED) is 0.705. The molecule has 1 fully saturated rings. The van der Waals surface area contributed by atoms with Gasteiger partial charge in [0.1, 0.15) is 12.4 Å². The van der Waals surface area contributed by atoms with Crippen molar-refractivity contribution in [3.8, 4) is 0 Å². The van der Waals surface area contributed by atoms with Gasteiger partial charge in [0.05, 0.1) is 17.1 Å². The van der Waals surface area contributed by atoms with Crippen LogP contribution in [0.2, 0.25) is 0 Å². The van der Waals surface area contributed by atoms with Gasteiger partial charge in [-0.1, -0.05) is 0 Å². The number of rotatable bonds is 4. The highest BCUT2D eigenvalue weighted by Crippen LogP contribution is 2.40. The fourth-order valence-corrected chi connectivity index (χ4v) is 3.66. The van der Waals surface area contributed by atoms with Gasteiger partial charge in [0.25, 0.3) is 11.3 Å². The van der Waals surface area contributed by atoms with Crippen LogP contribution in [0.1, 0.15) is 42.4 Å². The van der Waals surface area contributed by atoms with E-state index < -0.39 is 6.10 Å². The van der Waals surface area contributed by atoms with Crippen LogP contribution < -0.4 is 5.56 Å². The molecule has 9 heteroatoms. The molecular formula is C17H21N7O2. The van der Waals surface area contributed by atoms with Crippen LogP contribution in [0.25, 0.3) is 5.78 Å². The summed E-state index contributed by atoms with van der Waals surface area (Å²) in [6.07, 6.45) is 4.17. The molecular weight excluding hydrogens is 334 g/mol. The molecule has 0 amide bonds.